The van der Waals surface area contributed by atoms with Crippen molar-refractivity contribution >= 4 is 68.2 Å². The lowest BCUT2D eigenvalue weighted by Crippen LogP contribution is -2.22. The molecule has 0 atom stereocenters. The maximum Gasteiger partial charge on any atom is 0.418 e. The number of hydrogen-bond acceptors (Lipinski definition) is 9. The minimum Gasteiger partial charge on any atom is -0.477 e. The zero-order chi connectivity index (χ0) is 37.1. The molecule has 51 heavy (non-hydrogen) atoms. The van der Waals surface area contributed by atoms with E-state index in [1.165, 1.54) is 0 Å². The molecule has 2 aromatic carbocycles. The number of nitrogens with one attached hydrogen (secondary N) is 4. The number of carboxylic acid groups (broad SMARTS) is 1. The van der Waals surface area contributed by atoms with Crippen LogP contribution in [0.4, 0.5) is 26.3 Å². The number of ether oxygens (including phenoxy) is 1. The fourth-order valence-electron chi connectivity index (χ4n) is 4.72. The molecule has 0 saturated carbocycles. The molecule has 0 bridgehead atoms. The van der Waals surface area contributed by atoms with E-state index in [2.05, 4.69) is 35.8 Å². The molecule has 5 N–H and O–H groups in total. The number of H-pyrrole nitrogens is 2. The summed E-state index contributed by atoms with van der Waals surface area (Å²) in [6, 6.07) is 11.9. The van der Waals surface area contributed by atoms with E-state index in [0.717, 1.165) is 40.0 Å². The number of hydrogen-bond donors (Lipinski definition) is 5. The number of methoxy groups -OCH3 is 1. The van der Waals surface area contributed by atoms with Crippen LogP contribution in [-0.2, 0) is 30.2 Å². The average Bonchev–Trinajstić information content (AvgIpc) is 3.90. The Balaban J connectivity index is 0.000000198. The molecule has 2 amide bonds. The van der Waals surface area contributed by atoms with Gasteiger partial charge in [0.25, 0.3) is 11.8 Å². The van der Waals surface area contributed by atoms with Crippen molar-refractivity contribution in [3.05, 3.63) is 103 Å². The van der Waals surface area contributed by atoms with Gasteiger partial charge in [0.1, 0.15) is 9.75 Å². The van der Waals surface area contributed by atoms with E-state index in [4.69, 9.17) is 5.11 Å². The van der Waals surface area contributed by atoms with E-state index in [9.17, 15) is 45.5 Å². The minimum absolute atomic E-state index is 0.0668. The highest BCUT2D eigenvalue weighted by Gasteiger charge is 2.39. The van der Waals surface area contributed by atoms with Crippen LogP contribution in [0.1, 0.15) is 60.9 Å². The SMILES string of the molecule is COC(=O)c1sc(C(=O)NCc2cccc3[nH]ncc23)cc1C(F)(F)F.O=C(NCc1cccc2[nH]ncc12)c1cc(C(F)(F)F)c(C(=O)O)s1. The number of carbonyl (C=O) groups excluding carboxylic acids is 3. The van der Waals surface area contributed by atoms with Crippen LogP contribution in [0.5, 0.6) is 0 Å². The van der Waals surface area contributed by atoms with Gasteiger partial charge in [-0.25, -0.2) is 9.59 Å². The highest BCUT2D eigenvalue weighted by molar-refractivity contribution is 7.16. The Kier molecular flexibility index (Phi) is 10.5. The molecule has 0 unspecified atom stereocenters. The molecule has 12 nitrogen and oxygen atoms in total. The second-order valence-corrected chi connectivity index (χ2v) is 12.5. The first kappa shape index (κ1) is 36.5. The predicted molar refractivity (Wildman–Crippen MR) is 171 cm³/mol. The van der Waals surface area contributed by atoms with Crippen molar-refractivity contribution in [2.75, 3.05) is 7.11 Å². The number of nitrogens with zero attached hydrogens (tertiary/aromatic N) is 2. The number of aromatic carboxylic acids is 1. The Hall–Kier alpha value is -5.76. The van der Waals surface area contributed by atoms with Crippen LogP contribution in [0.15, 0.2) is 60.9 Å². The maximum atomic E-state index is 13.1. The van der Waals surface area contributed by atoms with Gasteiger partial charge in [-0.3, -0.25) is 19.8 Å². The van der Waals surface area contributed by atoms with Gasteiger partial charge in [-0.2, -0.15) is 36.5 Å². The van der Waals surface area contributed by atoms with E-state index >= 15 is 0 Å². The largest absolute Gasteiger partial charge is 0.477 e. The van der Waals surface area contributed by atoms with Crippen molar-refractivity contribution in [2.45, 2.75) is 25.4 Å². The molecular weight excluding hydrogens is 730 g/mol. The molecule has 6 aromatic rings. The standard InChI is InChI=1S/C16H12F3N3O3S.C15H10F3N3O3S/c1-25-15(24)13-10(16(17,18)19)5-12(26-13)14(23)20-6-8-3-2-4-11-9(8)7-21-22-11;16-15(17,18)9-4-11(25-12(9)14(23)24)13(22)19-5-7-2-1-3-10-8(7)6-20-21-10/h2-5,7H,6H2,1H3,(H,20,23)(H,21,22);1-4,6H,5H2,(H,19,22)(H,20,21)(H,23,24). The number of carboxylic acids is 1. The first-order valence-corrected chi connectivity index (χ1v) is 15.8. The molecular formula is C31H22F6N6O6S2. The van der Waals surface area contributed by atoms with Gasteiger partial charge in [-0.15, -0.1) is 22.7 Å². The monoisotopic (exact) mass is 752 g/mol. The number of alkyl halides is 6. The smallest absolute Gasteiger partial charge is 0.418 e. The van der Waals surface area contributed by atoms with Crippen LogP contribution in [0.2, 0.25) is 0 Å². The topological polar surface area (TPSA) is 179 Å². The predicted octanol–water partition coefficient (Wildman–Crippen LogP) is 6.63. The molecule has 266 valence electrons. The Morgan fingerprint density at radius 3 is 1.57 bits per heavy atom. The zero-order valence-corrected chi connectivity index (χ0v) is 27.3. The van der Waals surface area contributed by atoms with E-state index in [0.29, 0.717) is 34.8 Å². The second-order valence-electron chi connectivity index (χ2n) is 10.4. The number of amides is 2. The van der Waals surface area contributed by atoms with Crippen LogP contribution in [0.3, 0.4) is 0 Å². The molecule has 0 aliphatic carbocycles. The number of benzene rings is 2. The number of rotatable bonds is 8. The van der Waals surface area contributed by atoms with Crippen molar-refractivity contribution in [2.24, 2.45) is 0 Å². The Labute approximate surface area is 289 Å². The van der Waals surface area contributed by atoms with Crippen LogP contribution in [0, 0.1) is 0 Å². The highest BCUT2D eigenvalue weighted by atomic mass is 32.1. The fourth-order valence-corrected chi connectivity index (χ4v) is 6.67. The quantitative estimate of drug-likeness (QED) is 0.0849. The number of aromatic amines is 2. The van der Waals surface area contributed by atoms with Gasteiger partial charge in [0.2, 0.25) is 0 Å². The van der Waals surface area contributed by atoms with Gasteiger partial charge < -0.3 is 20.5 Å². The minimum atomic E-state index is -4.84. The summed E-state index contributed by atoms with van der Waals surface area (Å²) in [5.41, 5.74) is 0.509. The Bertz CT molecular complexity index is 2250. The summed E-state index contributed by atoms with van der Waals surface area (Å²) in [6.07, 6.45) is -6.43. The van der Waals surface area contributed by atoms with Crippen LogP contribution in [-0.4, -0.2) is 56.4 Å². The molecule has 6 rings (SSSR count). The van der Waals surface area contributed by atoms with Crippen molar-refractivity contribution in [1.29, 1.82) is 0 Å². The Morgan fingerprint density at radius 1 is 0.745 bits per heavy atom. The highest BCUT2D eigenvalue weighted by Crippen LogP contribution is 2.38. The molecule has 0 radical (unpaired) electrons. The number of fused-ring (bicyclic) bond motifs is 2. The molecule has 0 saturated heterocycles. The van der Waals surface area contributed by atoms with Crippen LogP contribution < -0.4 is 10.6 Å². The van der Waals surface area contributed by atoms with Gasteiger partial charge in [0.05, 0.1) is 51.4 Å². The number of thiophene rings is 2. The first-order valence-electron chi connectivity index (χ1n) is 14.2. The molecule has 0 aliphatic heterocycles. The first-order chi connectivity index (χ1) is 24.1. The van der Waals surface area contributed by atoms with Gasteiger partial charge >= 0.3 is 24.3 Å². The number of esters is 1. The van der Waals surface area contributed by atoms with Crippen molar-refractivity contribution in [1.82, 2.24) is 31.0 Å². The third-order valence-electron chi connectivity index (χ3n) is 7.12. The zero-order valence-electron chi connectivity index (χ0n) is 25.7. The number of aromatic nitrogens is 4. The van der Waals surface area contributed by atoms with E-state index in [-0.39, 0.29) is 22.8 Å². The van der Waals surface area contributed by atoms with Crippen molar-refractivity contribution in [3.8, 4) is 0 Å². The lowest BCUT2D eigenvalue weighted by molar-refractivity contribution is -0.138. The van der Waals surface area contributed by atoms with Gasteiger partial charge in [0.15, 0.2) is 0 Å². The third-order valence-corrected chi connectivity index (χ3v) is 9.35. The molecule has 0 aliphatic rings. The van der Waals surface area contributed by atoms with Crippen molar-refractivity contribution < 1.29 is 55.4 Å². The summed E-state index contributed by atoms with van der Waals surface area (Å²) in [5.74, 6) is -4.34. The summed E-state index contributed by atoms with van der Waals surface area (Å²) in [6.45, 7) is 0.167. The summed E-state index contributed by atoms with van der Waals surface area (Å²) in [5, 5.41) is 28.9. The summed E-state index contributed by atoms with van der Waals surface area (Å²) < 4.78 is 82.2. The second kappa shape index (κ2) is 14.6. The molecule has 4 heterocycles. The number of halogens is 6. The van der Waals surface area contributed by atoms with Gasteiger partial charge in [-0.05, 0) is 35.4 Å². The van der Waals surface area contributed by atoms with Crippen LogP contribution >= 0.6 is 22.7 Å². The maximum absolute atomic E-state index is 13.1. The summed E-state index contributed by atoms with van der Waals surface area (Å²) in [4.78, 5) is 44.8. The molecule has 0 spiro atoms. The van der Waals surface area contributed by atoms with E-state index < -0.39 is 57.0 Å². The van der Waals surface area contributed by atoms with Crippen LogP contribution in [0.25, 0.3) is 21.8 Å². The summed E-state index contributed by atoms with van der Waals surface area (Å²) >= 11 is 0.735. The lowest BCUT2D eigenvalue weighted by Gasteiger charge is -2.05. The normalized spacial score (nSPS) is 11.6. The number of carbonyl (C=O) groups is 4. The third kappa shape index (κ3) is 8.18. The molecule has 20 heteroatoms. The van der Waals surface area contributed by atoms with Gasteiger partial charge in [-0.1, -0.05) is 24.3 Å². The van der Waals surface area contributed by atoms with Gasteiger partial charge in [0, 0.05) is 23.9 Å². The average molecular weight is 753 g/mol. The molecule has 0 fully saturated rings. The fraction of sp³-hybridized carbons (Fsp3) is 0.161. The van der Waals surface area contributed by atoms with E-state index in [1.54, 1.807) is 42.7 Å². The Morgan fingerprint density at radius 2 is 1.18 bits per heavy atom. The van der Waals surface area contributed by atoms with E-state index in [1.807, 2.05) is 6.07 Å². The van der Waals surface area contributed by atoms with Crippen molar-refractivity contribution in [3.63, 3.8) is 0 Å². The molecule has 4 aromatic heterocycles. The lowest BCUT2D eigenvalue weighted by atomic mass is 10.1. The summed E-state index contributed by atoms with van der Waals surface area (Å²) in [7, 11) is 0.980.